The largest absolute Gasteiger partial charge is 0.462 e. The number of ether oxygens (including phenoxy) is 3. The summed E-state index contributed by atoms with van der Waals surface area (Å²) in [7, 11) is 0. The van der Waals surface area contributed by atoms with Gasteiger partial charge in [-0.05, 0) is 116 Å². The monoisotopic (exact) mass is 1120 g/mol. The van der Waals surface area contributed by atoms with Gasteiger partial charge in [-0.15, -0.1) is 0 Å². The van der Waals surface area contributed by atoms with E-state index < -0.39 is 6.10 Å². The number of unbranched alkanes of at least 4 members (excludes halogenated alkanes) is 27. The SMILES string of the molecule is CC/C=C\C/C=C\C/C=C\C/C=C\C/C=C\C/C=C\C/C=C\C/C=C\C/C=C\C/C=C\CCCCCCC(=O)OCC(COC(=O)CCCCCCC/C=C\CCCC)OC(=O)CCCCCCCCCCCCCCCCCCC. The summed E-state index contributed by atoms with van der Waals surface area (Å²) in [4.78, 5) is 38.3. The van der Waals surface area contributed by atoms with Crippen LogP contribution < -0.4 is 0 Å². The van der Waals surface area contributed by atoms with Crippen LogP contribution in [0.25, 0.3) is 0 Å². The first kappa shape index (κ1) is 76.5. The Morgan fingerprint density at radius 2 is 0.494 bits per heavy atom. The molecule has 0 rings (SSSR count). The lowest BCUT2D eigenvalue weighted by Crippen LogP contribution is -2.30. The molecule has 1 atom stereocenters. The molecule has 81 heavy (non-hydrogen) atoms. The average Bonchev–Trinajstić information content (AvgIpc) is 3.47. The van der Waals surface area contributed by atoms with Gasteiger partial charge in [-0.25, -0.2) is 0 Å². The Bertz CT molecular complexity index is 1720. The third-order valence-corrected chi connectivity index (χ3v) is 14.1. The molecule has 0 fully saturated rings. The van der Waals surface area contributed by atoms with E-state index in [1.807, 2.05) is 0 Å². The Kier molecular flexibility index (Phi) is 64.3. The minimum atomic E-state index is -0.794. The minimum absolute atomic E-state index is 0.0905. The molecule has 0 aromatic carbocycles. The molecule has 0 saturated carbocycles. The van der Waals surface area contributed by atoms with Gasteiger partial charge in [0, 0.05) is 19.3 Å². The standard InChI is InChI=1S/C75H124O6/c1-4-7-10-13-16-19-22-24-26-28-29-30-31-32-33-34-35-36-37-38-39-40-41-42-43-44-45-47-48-50-53-56-59-62-65-68-74(77)80-71-72(70-79-73(76)67-64-61-58-55-52-21-18-15-12-9-6-3)81-75(78)69-66-63-60-57-54-51-49-46-27-25-23-20-17-14-11-8-5-2/h7,10,15-16,18-19,24,26,29-30,32-33,35-36,38-39,41-42,44-45,48,50,72H,4-6,8-9,11-14,17,20-23,25,27-28,31,34,37,40,43,46-47,49,51-71H2,1-3H3/b10-7-,18-15-,19-16-,26-24-,30-29-,33-32-,36-35-,39-38-,42-41-,45-44-,50-48-. The van der Waals surface area contributed by atoms with Crippen molar-refractivity contribution >= 4 is 17.9 Å². The summed E-state index contributed by atoms with van der Waals surface area (Å²) in [5, 5.41) is 0. The van der Waals surface area contributed by atoms with Crippen molar-refractivity contribution in [2.45, 2.75) is 309 Å². The molecule has 0 aromatic rings. The summed E-state index contributed by atoms with van der Waals surface area (Å²) in [6.45, 7) is 6.48. The fraction of sp³-hybridized carbons (Fsp3) is 0.667. The number of esters is 3. The summed E-state index contributed by atoms with van der Waals surface area (Å²) < 4.78 is 16.9. The van der Waals surface area contributed by atoms with E-state index in [-0.39, 0.29) is 31.1 Å². The summed E-state index contributed by atoms with van der Waals surface area (Å²) in [6.07, 6.45) is 96.1. The van der Waals surface area contributed by atoms with Gasteiger partial charge >= 0.3 is 17.9 Å². The second kappa shape index (κ2) is 68.1. The molecule has 0 radical (unpaired) electrons. The van der Waals surface area contributed by atoms with E-state index in [1.54, 1.807) is 0 Å². The average molecular weight is 1120 g/mol. The lowest BCUT2D eigenvalue weighted by Gasteiger charge is -2.18. The fourth-order valence-electron chi connectivity index (χ4n) is 9.10. The van der Waals surface area contributed by atoms with E-state index in [9.17, 15) is 14.4 Å². The van der Waals surface area contributed by atoms with Crippen molar-refractivity contribution < 1.29 is 28.6 Å². The lowest BCUT2D eigenvalue weighted by atomic mass is 10.0. The Morgan fingerprint density at radius 3 is 0.802 bits per heavy atom. The zero-order chi connectivity index (χ0) is 58.5. The van der Waals surface area contributed by atoms with Gasteiger partial charge in [0.05, 0.1) is 0 Å². The highest BCUT2D eigenvalue weighted by Gasteiger charge is 2.19. The molecule has 0 aliphatic rings. The molecule has 0 saturated heterocycles. The van der Waals surface area contributed by atoms with Crippen LogP contribution in [0.4, 0.5) is 0 Å². The van der Waals surface area contributed by atoms with Gasteiger partial charge in [0.1, 0.15) is 13.2 Å². The smallest absolute Gasteiger partial charge is 0.306 e. The van der Waals surface area contributed by atoms with Crippen LogP contribution in [0.2, 0.25) is 0 Å². The highest BCUT2D eigenvalue weighted by molar-refractivity contribution is 5.71. The molecular weight excluding hydrogens is 997 g/mol. The van der Waals surface area contributed by atoms with E-state index >= 15 is 0 Å². The molecule has 1 unspecified atom stereocenters. The Balaban J connectivity index is 4.29. The Labute approximate surface area is 500 Å². The molecule has 6 heteroatoms. The minimum Gasteiger partial charge on any atom is -0.462 e. The second-order valence-electron chi connectivity index (χ2n) is 22.0. The third kappa shape index (κ3) is 66.2. The van der Waals surface area contributed by atoms with E-state index in [0.717, 1.165) is 148 Å². The maximum absolute atomic E-state index is 12.9. The number of hydrogen-bond acceptors (Lipinski definition) is 6. The molecule has 0 bridgehead atoms. The first-order valence-corrected chi connectivity index (χ1v) is 33.7. The van der Waals surface area contributed by atoms with Crippen LogP contribution in [-0.4, -0.2) is 37.2 Å². The van der Waals surface area contributed by atoms with Crippen LogP contribution in [0.15, 0.2) is 134 Å². The number of allylic oxidation sites excluding steroid dienone is 22. The number of carbonyl (C=O) groups excluding carboxylic acids is 3. The van der Waals surface area contributed by atoms with Gasteiger partial charge in [-0.3, -0.25) is 14.4 Å². The van der Waals surface area contributed by atoms with Crippen molar-refractivity contribution in [3.8, 4) is 0 Å². The van der Waals surface area contributed by atoms with Crippen LogP contribution in [0.1, 0.15) is 303 Å². The van der Waals surface area contributed by atoms with E-state index in [1.165, 1.54) is 116 Å². The predicted molar refractivity (Wildman–Crippen MR) is 353 cm³/mol. The molecule has 460 valence electrons. The van der Waals surface area contributed by atoms with Crippen molar-refractivity contribution in [3.05, 3.63) is 134 Å². The van der Waals surface area contributed by atoms with E-state index in [0.29, 0.717) is 19.3 Å². The molecule has 0 spiro atoms. The predicted octanol–water partition coefficient (Wildman–Crippen LogP) is 23.3. The molecule has 0 heterocycles. The molecule has 0 aliphatic heterocycles. The first-order chi connectivity index (χ1) is 40.0. The van der Waals surface area contributed by atoms with E-state index in [4.69, 9.17) is 14.2 Å². The van der Waals surface area contributed by atoms with Crippen molar-refractivity contribution in [1.29, 1.82) is 0 Å². The molecule has 0 amide bonds. The van der Waals surface area contributed by atoms with Crippen molar-refractivity contribution in [3.63, 3.8) is 0 Å². The van der Waals surface area contributed by atoms with Gasteiger partial charge in [0.25, 0.3) is 0 Å². The van der Waals surface area contributed by atoms with Crippen LogP contribution in [0, 0.1) is 0 Å². The number of rotatable bonds is 60. The van der Waals surface area contributed by atoms with E-state index in [2.05, 4.69) is 154 Å². The summed E-state index contributed by atoms with van der Waals surface area (Å²) in [6, 6.07) is 0. The Morgan fingerprint density at radius 1 is 0.259 bits per heavy atom. The van der Waals surface area contributed by atoms with Gasteiger partial charge < -0.3 is 14.2 Å². The lowest BCUT2D eigenvalue weighted by molar-refractivity contribution is -0.167. The molecule has 6 nitrogen and oxygen atoms in total. The van der Waals surface area contributed by atoms with Crippen LogP contribution in [0.5, 0.6) is 0 Å². The van der Waals surface area contributed by atoms with Crippen LogP contribution in [-0.2, 0) is 28.6 Å². The number of hydrogen-bond donors (Lipinski definition) is 0. The first-order valence-electron chi connectivity index (χ1n) is 33.7. The maximum atomic E-state index is 12.9. The van der Waals surface area contributed by atoms with Crippen LogP contribution in [0.3, 0.4) is 0 Å². The maximum Gasteiger partial charge on any atom is 0.306 e. The molecular formula is C75H124O6. The highest BCUT2D eigenvalue weighted by atomic mass is 16.6. The third-order valence-electron chi connectivity index (χ3n) is 14.1. The van der Waals surface area contributed by atoms with Crippen molar-refractivity contribution in [2.24, 2.45) is 0 Å². The summed E-state index contributed by atoms with van der Waals surface area (Å²) in [5.74, 6) is -0.919. The van der Waals surface area contributed by atoms with Crippen molar-refractivity contribution in [1.82, 2.24) is 0 Å². The fourth-order valence-corrected chi connectivity index (χ4v) is 9.10. The van der Waals surface area contributed by atoms with Gasteiger partial charge in [-0.1, -0.05) is 302 Å². The van der Waals surface area contributed by atoms with Gasteiger partial charge in [0.15, 0.2) is 6.10 Å². The van der Waals surface area contributed by atoms with Crippen molar-refractivity contribution in [2.75, 3.05) is 13.2 Å². The zero-order valence-electron chi connectivity index (χ0n) is 52.8. The van der Waals surface area contributed by atoms with Crippen LogP contribution >= 0.6 is 0 Å². The zero-order valence-corrected chi connectivity index (χ0v) is 52.8. The van der Waals surface area contributed by atoms with Gasteiger partial charge in [0.2, 0.25) is 0 Å². The normalized spacial score (nSPS) is 13.0. The summed E-state index contributed by atoms with van der Waals surface area (Å²) >= 11 is 0. The second-order valence-corrected chi connectivity index (χ2v) is 22.0. The summed E-state index contributed by atoms with van der Waals surface area (Å²) in [5.41, 5.74) is 0. The molecule has 0 N–H and O–H groups in total. The quantitative estimate of drug-likeness (QED) is 0.0261. The molecule has 0 aliphatic carbocycles. The highest BCUT2D eigenvalue weighted by Crippen LogP contribution is 2.16. The number of carbonyl (C=O) groups is 3. The Hall–Kier alpha value is -4.45. The molecule has 0 aromatic heterocycles. The van der Waals surface area contributed by atoms with Gasteiger partial charge in [-0.2, -0.15) is 0 Å². The topological polar surface area (TPSA) is 78.9 Å².